The third-order valence-corrected chi connectivity index (χ3v) is 2.39. The highest BCUT2D eigenvalue weighted by atomic mass is 79.9. The minimum absolute atomic E-state index is 0.148. The summed E-state index contributed by atoms with van der Waals surface area (Å²) < 4.78 is 0.567. The van der Waals surface area contributed by atoms with Crippen LogP contribution in [0.5, 0.6) is 0 Å². The number of halogens is 2. The maximum atomic E-state index is 10.5. The highest BCUT2D eigenvalue weighted by molar-refractivity contribution is 9.10. The first-order valence-corrected chi connectivity index (χ1v) is 4.61. The first-order valence-electron chi connectivity index (χ1n) is 3.44. The lowest BCUT2D eigenvalue weighted by Crippen LogP contribution is -1.89. The lowest BCUT2D eigenvalue weighted by molar-refractivity contribution is -0.388. The first kappa shape index (κ1) is 9.35. The molecule has 0 saturated heterocycles. The molecule has 0 atom stereocenters. The molecular weight excluding hydrogens is 275 g/mol. The molecule has 2 aromatic heterocycles. The summed E-state index contributed by atoms with van der Waals surface area (Å²) in [7, 11) is 0. The van der Waals surface area contributed by atoms with Crippen molar-refractivity contribution in [2.24, 2.45) is 0 Å². The number of pyridine rings is 1. The molecule has 1 N–H and O–H groups in total. The van der Waals surface area contributed by atoms with Gasteiger partial charge in [0.2, 0.25) is 0 Å². The summed E-state index contributed by atoms with van der Waals surface area (Å²) in [6, 6.07) is 1.52. The van der Waals surface area contributed by atoms with Gasteiger partial charge in [-0.25, -0.2) is 4.98 Å². The molecule has 2 heterocycles. The molecule has 0 aliphatic carbocycles. The Bertz CT molecular complexity index is 526. The third kappa shape index (κ3) is 1.34. The zero-order valence-corrected chi connectivity index (χ0v) is 8.83. The highest BCUT2D eigenvalue weighted by Gasteiger charge is 2.18. The van der Waals surface area contributed by atoms with Gasteiger partial charge < -0.3 is 10.1 Å². The predicted molar refractivity (Wildman–Crippen MR) is 53.3 cm³/mol. The summed E-state index contributed by atoms with van der Waals surface area (Å²) >= 11 is 8.83. The topological polar surface area (TPSA) is 84.7 Å². The Hall–Kier alpha value is -1.21. The van der Waals surface area contributed by atoms with Crippen molar-refractivity contribution in [3.8, 4) is 0 Å². The van der Waals surface area contributed by atoms with E-state index in [1.807, 2.05) is 0 Å². The van der Waals surface area contributed by atoms with Crippen LogP contribution in [0.25, 0.3) is 11.0 Å². The van der Waals surface area contributed by atoms with Gasteiger partial charge in [-0.1, -0.05) is 16.7 Å². The van der Waals surface area contributed by atoms with Gasteiger partial charge in [-0.2, -0.15) is 0 Å². The van der Waals surface area contributed by atoms with Crippen molar-refractivity contribution in [1.82, 2.24) is 15.2 Å². The fourth-order valence-electron chi connectivity index (χ4n) is 1.04. The highest BCUT2D eigenvalue weighted by Crippen LogP contribution is 2.28. The van der Waals surface area contributed by atoms with Crippen LogP contribution in [0.1, 0.15) is 0 Å². The van der Waals surface area contributed by atoms with Gasteiger partial charge >= 0.3 is 5.82 Å². The molecule has 6 nitrogen and oxygen atoms in total. The van der Waals surface area contributed by atoms with E-state index in [4.69, 9.17) is 11.6 Å². The zero-order chi connectivity index (χ0) is 10.3. The Kier molecular flexibility index (Phi) is 2.12. The van der Waals surface area contributed by atoms with E-state index in [9.17, 15) is 10.1 Å². The number of aromatic nitrogens is 3. The number of hydrogen-bond acceptors (Lipinski definition) is 4. The molecule has 72 valence electrons. The quantitative estimate of drug-likeness (QED) is 0.492. The monoisotopic (exact) mass is 276 g/mol. The summed E-state index contributed by atoms with van der Waals surface area (Å²) in [5.41, 5.74) is 0.537. The van der Waals surface area contributed by atoms with E-state index in [1.165, 1.54) is 6.07 Å². The molecule has 0 aliphatic rings. The average molecular weight is 277 g/mol. The van der Waals surface area contributed by atoms with E-state index in [0.717, 1.165) is 0 Å². The lowest BCUT2D eigenvalue weighted by atomic mass is 10.4. The normalized spacial score (nSPS) is 10.7. The van der Waals surface area contributed by atoms with Gasteiger partial charge in [0.15, 0.2) is 11.0 Å². The molecule has 2 aromatic rings. The summed E-state index contributed by atoms with van der Waals surface area (Å²) in [5, 5.41) is 16.7. The van der Waals surface area contributed by atoms with Crippen LogP contribution < -0.4 is 0 Å². The van der Waals surface area contributed by atoms with Crippen molar-refractivity contribution >= 4 is 44.4 Å². The van der Waals surface area contributed by atoms with Crippen molar-refractivity contribution in [3.63, 3.8) is 0 Å². The molecule has 0 bridgehead atoms. The first-order chi connectivity index (χ1) is 6.59. The number of H-pyrrole nitrogens is 1. The second-order valence-corrected chi connectivity index (χ2v) is 3.69. The Balaban J connectivity index is 2.85. The van der Waals surface area contributed by atoms with Crippen molar-refractivity contribution < 1.29 is 4.92 Å². The van der Waals surface area contributed by atoms with E-state index in [0.29, 0.717) is 9.99 Å². The minimum Gasteiger partial charge on any atom is -0.358 e. The smallest absolute Gasteiger partial charge is 0.358 e. The van der Waals surface area contributed by atoms with Crippen LogP contribution in [0, 0.1) is 10.1 Å². The van der Waals surface area contributed by atoms with Crippen molar-refractivity contribution in [3.05, 3.63) is 25.8 Å². The van der Waals surface area contributed by atoms with Crippen LogP contribution >= 0.6 is 27.5 Å². The SMILES string of the molecule is O=[N+]([O-])c1[nH]nc2c(Br)cc(Cl)nc12. The maximum absolute atomic E-state index is 10.5. The van der Waals surface area contributed by atoms with E-state index in [1.54, 1.807) is 0 Å². The van der Waals surface area contributed by atoms with Crippen LogP contribution in [0.15, 0.2) is 10.5 Å². The maximum Gasteiger partial charge on any atom is 0.369 e. The molecule has 0 radical (unpaired) electrons. The Labute approximate surface area is 90.6 Å². The van der Waals surface area contributed by atoms with Crippen molar-refractivity contribution in [2.75, 3.05) is 0 Å². The van der Waals surface area contributed by atoms with Crippen molar-refractivity contribution in [2.45, 2.75) is 0 Å². The van der Waals surface area contributed by atoms with Crippen LogP contribution in [0.3, 0.4) is 0 Å². The van der Waals surface area contributed by atoms with E-state index in [2.05, 4.69) is 31.1 Å². The molecule has 14 heavy (non-hydrogen) atoms. The predicted octanol–water partition coefficient (Wildman–Crippen LogP) is 2.28. The number of nitrogens with zero attached hydrogens (tertiary/aromatic N) is 3. The molecule has 0 amide bonds. The molecule has 0 aromatic carbocycles. The minimum atomic E-state index is -0.592. The molecule has 2 rings (SSSR count). The standard InChI is InChI=1S/C6H2BrClN4O2/c7-2-1-3(8)9-5-4(2)10-11-6(5)12(13)14/h1H,(H,10,11). The summed E-state index contributed by atoms with van der Waals surface area (Å²) in [4.78, 5) is 13.8. The molecule has 0 fully saturated rings. The van der Waals surface area contributed by atoms with Crippen LogP contribution in [-0.4, -0.2) is 20.1 Å². The fourth-order valence-corrected chi connectivity index (χ4v) is 1.86. The summed E-state index contributed by atoms with van der Waals surface area (Å²) in [5.74, 6) is -0.261. The van der Waals surface area contributed by atoms with Gasteiger partial charge in [0.25, 0.3) is 0 Å². The largest absolute Gasteiger partial charge is 0.369 e. The summed E-state index contributed by atoms with van der Waals surface area (Å²) in [6.45, 7) is 0. The number of fused-ring (bicyclic) bond motifs is 1. The molecule has 0 spiro atoms. The fraction of sp³-hybridized carbons (Fsp3) is 0. The van der Waals surface area contributed by atoms with Crippen LogP contribution in [-0.2, 0) is 0 Å². The lowest BCUT2D eigenvalue weighted by Gasteiger charge is -1.93. The molecule has 0 unspecified atom stereocenters. The molecule has 8 heteroatoms. The van der Waals surface area contributed by atoms with E-state index < -0.39 is 4.92 Å². The second-order valence-electron chi connectivity index (χ2n) is 2.45. The van der Waals surface area contributed by atoms with Gasteiger partial charge in [-0.15, -0.1) is 5.10 Å². The van der Waals surface area contributed by atoms with Gasteiger partial charge in [0.1, 0.15) is 5.15 Å². The average Bonchev–Trinajstić information content (AvgIpc) is 2.47. The van der Waals surface area contributed by atoms with Gasteiger partial charge in [0, 0.05) is 0 Å². The van der Waals surface area contributed by atoms with E-state index >= 15 is 0 Å². The van der Waals surface area contributed by atoms with Gasteiger partial charge in [-0.3, -0.25) is 0 Å². The van der Waals surface area contributed by atoms with Gasteiger partial charge in [-0.05, 0) is 26.9 Å². The van der Waals surface area contributed by atoms with Gasteiger partial charge in [0.05, 0.1) is 4.47 Å². The van der Waals surface area contributed by atoms with E-state index in [-0.39, 0.29) is 16.5 Å². The number of aromatic amines is 1. The molecule has 0 saturated carbocycles. The number of nitro groups is 1. The van der Waals surface area contributed by atoms with Crippen LogP contribution in [0.2, 0.25) is 5.15 Å². The second kappa shape index (κ2) is 3.18. The number of nitrogens with one attached hydrogen (secondary N) is 1. The van der Waals surface area contributed by atoms with Crippen LogP contribution in [0.4, 0.5) is 5.82 Å². The molecular formula is C6H2BrClN4O2. The van der Waals surface area contributed by atoms with Crippen molar-refractivity contribution in [1.29, 1.82) is 0 Å². The third-order valence-electron chi connectivity index (χ3n) is 1.60. The number of hydrogen-bond donors (Lipinski definition) is 1. The Morgan fingerprint density at radius 3 is 2.93 bits per heavy atom. The Morgan fingerprint density at radius 1 is 1.57 bits per heavy atom. The zero-order valence-electron chi connectivity index (χ0n) is 6.49. The Morgan fingerprint density at radius 2 is 2.29 bits per heavy atom. The summed E-state index contributed by atoms with van der Waals surface area (Å²) in [6.07, 6.45) is 0. The molecule has 0 aliphatic heterocycles. The number of rotatable bonds is 1.